The zero-order valence-electron chi connectivity index (χ0n) is 8.03. The van der Waals surface area contributed by atoms with E-state index in [9.17, 15) is 0 Å². The van der Waals surface area contributed by atoms with Crippen LogP contribution in [0.5, 0.6) is 0 Å². The molecule has 1 aromatic rings. The molecule has 2 nitrogen and oxygen atoms in total. The van der Waals surface area contributed by atoms with Crippen LogP contribution in [0.15, 0.2) is 40.5 Å². The molecule has 0 aliphatic carbocycles. The predicted octanol–water partition coefficient (Wildman–Crippen LogP) is 2.21. The lowest BCUT2D eigenvalue weighted by Crippen LogP contribution is -1.95. The minimum absolute atomic E-state index is 0.185. The Kier molecular flexibility index (Phi) is 2.25. The molecule has 0 fully saturated rings. The molecule has 1 aliphatic heterocycles. The van der Waals surface area contributed by atoms with Crippen molar-refractivity contribution in [1.29, 1.82) is 0 Å². The molecule has 1 aliphatic rings. The second-order valence-electron chi connectivity index (χ2n) is 3.25. The lowest BCUT2D eigenvalue weighted by atomic mass is 10.2. The summed E-state index contributed by atoms with van der Waals surface area (Å²) in [6, 6.07) is 8.27. The monoisotopic (exact) mass is 204 g/mol. The van der Waals surface area contributed by atoms with E-state index in [1.807, 2.05) is 5.41 Å². The van der Waals surface area contributed by atoms with Crippen molar-refractivity contribution >= 4 is 21.4 Å². The van der Waals surface area contributed by atoms with Gasteiger partial charge in [-0.3, -0.25) is 0 Å². The highest BCUT2D eigenvalue weighted by Gasteiger charge is 2.11. The number of aliphatic imine (C=N–C) groups is 1. The number of hydrogen-bond acceptors (Lipinski definition) is 2. The largest absolute Gasteiger partial charge is 0.383 e. The lowest BCUT2D eigenvalue weighted by molar-refractivity contribution is 1.27. The maximum Gasteiger partial charge on any atom is 0.130 e. The predicted molar refractivity (Wildman–Crippen MR) is 64.7 cm³/mol. The standard InChI is InChI=1S/C11H12N2S/c1-8-3-5-9(6-4-8)11-13-10(12)7-14(11)2/h3-7H,2,12H2,1H3. The summed E-state index contributed by atoms with van der Waals surface area (Å²) in [5, 5.41) is 2.89. The minimum Gasteiger partial charge on any atom is -0.383 e. The average Bonchev–Trinajstić information content (AvgIpc) is 2.47. The van der Waals surface area contributed by atoms with Crippen LogP contribution in [-0.2, 0) is 0 Å². The van der Waals surface area contributed by atoms with Crippen molar-refractivity contribution < 1.29 is 0 Å². The number of nitrogens with two attached hydrogens (primary N) is 1. The van der Waals surface area contributed by atoms with Gasteiger partial charge in [0.05, 0.1) is 0 Å². The number of benzene rings is 1. The number of rotatable bonds is 1. The highest BCUT2D eigenvalue weighted by Crippen LogP contribution is 2.28. The molecule has 1 atom stereocenters. The first-order chi connectivity index (χ1) is 6.66. The van der Waals surface area contributed by atoms with Gasteiger partial charge >= 0.3 is 0 Å². The van der Waals surface area contributed by atoms with Gasteiger partial charge in [-0.05, 0) is 6.92 Å². The maximum atomic E-state index is 5.62. The fourth-order valence-corrected chi connectivity index (χ4v) is 2.43. The van der Waals surface area contributed by atoms with Crippen molar-refractivity contribution in [3.8, 4) is 0 Å². The van der Waals surface area contributed by atoms with E-state index in [1.54, 1.807) is 0 Å². The summed E-state index contributed by atoms with van der Waals surface area (Å²) in [6.45, 7) is 2.07. The summed E-state index contributed by atoms with van der Waals surface area (Å²) in [4.78, 5) is 4.27. The highest BCUT2D eigenvalue weighted by atomic mass is 32.2. The van der Waals surface area contributed by atoms with Crippen molar-refractivity contribution in [1.82, 2.24) is 0 Å². The third-order valence-corrected chi connectivity index (χ3v) is 3.39. The van der Waals surface area contributed by atoms with Crippen molar-refractivity contribution in [2.24, 2.45) is 10.7 Å². The molecule has 0 saturated carbocycles. The summed E-state index contributed by atoms with van der Waals surface area (Å²) in [5.41, 5.74) is 7.99. The molecule has 3 heteroatoms. The molecule has 1 heterocycles. The molecule has 0 saturated heterocycles. The van der Waals surface area contributed by atoms with Crippen LogP contribution in [-0.4, -0.2) is 10.9 Å². The molecular weight excluding hydrogens is 192 g/mol. The minimum atomic E-state index is -0.185. The summed E-state index contributed by atoms with van der Waals surface area (Å²) < 4.78 is 0. The van der Waals surface area contributed by atoms with Crippen LogP contribution in [0.2, 0.25) is 0 Å². The Morgan fingerprint density at radius 1 is 1.29 bits per heavy atom. The summed E-state index contributed by atoms with van der Waals surface area (Å²) in [5.74, 6) is 4.59. The van der Waals surface area contributed by atoms with Crippen LogP contribution < -0.4 is 5.73 Å². The van der Waals surface area contributed by atoms with Crippen molar-refractivity contribution in [2.75, 3.05) is 0 Å². The van der Waals surface area contributed by atoms with E-state index in [0.29, 0.717) is 5.82 Å². The second kappa shape index (κ2) is 3.42. The molecule has 0 radical (unpaired) electrons. The van der Waals surface area contributed by atoms with Gasteiger partial charge in [0.1, 0.15) is 10.9 Å². The highest BCUT2D eigenvalue weighted by molar-refractivity contribution is 8.30. The number of hydrogen-bond donors (Lipinski definition) is 1. The Morgan fingerprint density at radius 2 is 1.93 bits per heavy atom. The van der Waals surface area contributed by atoms with E-state index in [-0.39, 0.29) is 10.5 Å². The van der Waals surface area contributed by atoms with Crippen LogP contribution in [0, 0.1) is 6.92 Å². The molecule has 0 spiro atoms. The van der Waals surface area contributed by atoms with E-state index in [4.69, 9.17) is 5.73 Å². The van der Waals surface area contributed by atoms with Gasteiger partial charge in [-0.25, -0.2) is 4.99 Å². The van der Waals surface area contributed by atoms with Gasteiger partial charge in [-0.1, -0.05) is 35.7 Å². The fraction of sp³-hybridized carbons (Fsp3) is 0.0909. The van der Waals surface area contributed by atoms with Gasteiger partial charge < -0.3 is 5.73 Å². The van der Waals surface area contributed by atoms with Crippen LogP contribution in [0.4, 0.5) is 0 Å². The Balaban J connectivity index is 2.39. The van der Waals surface area contributed by atoms with Gasteiger partial charge in [0.15, 0.2) is 0 Å². The first-order valence-electron chi connectivity index (χ1n) is 4.32. The van der Waals surface area contributed by atoms with Gasteiger partial charge in [-0.2, -0.15) is 0 Å². The van der Waals surface area contributed by atoms with Crippen molar-refractivity contribution in [2.45, 2.75) is 6.92 Å². The smallest absolute Gasteiger partial charge is 0.130 e. The van der Waals surface area contributed by atoms with Crippen molar-refractivity contribution in [3.63, 3.8) is 0 Å². The molecule has 0 amide bonds. The first kappa shape index (κ1) is 9.21. The summed E-state index contributed by atoms with van der Waals surface area (Å²) in [6.07, 6.45) is 0. The zero-order valence-corrected chi connectivity index (χ0v) is 8.84. The van der Waals surface area contributed by atoms with Gasteiger partial charge in [0.25, 0.3) is 0 Å². The average molecular weight is 204 g/mol. The van der Waals surface area contributed by atoms with Crippen LogP contribution in [0.25, 0.3) is 0 Å². The Labute approximate surface area is 86.1 Å². The fourth-order valence-electron chi connectivity index (χ4n) is 1.32. The van der Waals surface area contributed by atoms with E-state index < -0.39 is 0 Å². The molecule has 0 bridgehead atoms. The topological polar surface area (TPSA) is 38.4 Å². The Morgan fingerprint density at radius 3 is 2.43 bits per heavy atom. The van der Waals surface area contributed by atoms with Crippen molar-refractivity contribution in [3.05, 3.63) is 46.6 Å². The van der Waals surface area contributed by atoms with E-state index in [2.05, 4.69) is 42.1 Å². The first-order valence-corrected chi connectivity index (χ1v) is 5.78. The molecule has 0 aromatic heterocycles. The van der Waals surface area contributed by atoms with E-state index in [1.165, 1.54) is 5.56 Å². The van der Waals surface area contributed by atoms with E-state index in [0.717, 1.165) is 10.6 Å². The molecule has 14 heavy (non-hydrogen) atoms. The lowest BCUT2D eigenvalue weighted by Gasteiger charge is -2.02. The molecular formula is C11H12N2S. The van der Waals surface area contributed by atoms with Crippen LogP contribution >= 0.6 is 10.5 Å². The molecule has 1 aromatic carbocycles. The zero-order chi connectivity index (χ0) is 10.1. The second-order valence-corrected chi connectivity index (χ2v) is 4.73. The maximum absolute atomic E-state index is 5.62. The number of nitrogens with zero attached hydrogens (tertiary/aromatic N) is 1. The summed E-state index contributed by atoms with van der Waals surface area (Å²) in [7, 11) is -0.185. The van der Waals surface area contributed by atoms with Gasteiger partial charge in [0.2, 0.25) is 0 Å². The quantitative estimate of drug-likeness (QED) is 0.700. The third-order valence-electron chi connectivity index (χ3n) is 2.04. The van der Waals surface area contributed by atoms with Crippen LogP contribution in [0.1, 0.15) is 11.1 Å². The normalized spacial score (nSPS) is 20.5. The SMILES string of the molecule is C=S1C=C(N)N=C1c1ccc(C)cc1. The molecule has 2 N–H and O–H groups in total. The molecule has 1 unspecified atom stereocenters. The Hall–Kier alpha value is -1.35. The third kappa shape index (κ3) is 1.63. The summed E-state index contributed by atoms with van der Waals surface area (Å²) >= 11 is 0. The van der Waals surface area contributed by atoms with Gasteiger partial charge in [0, 0.05) is 11.0 Å². The number of aryl methyl sites for hydroxylation is 1. The van der Waals surface area contributed by atoms with Crippen LogP contribution in [0.3, 0.4) is 0 Å². The molecule has 72 valence electrons. The Bertz CT molecular complexity index is 441. The van der Waals surface area contributed by atoms with Gasteiger partial charge in [-0.15, -0.1) is 10.5 Å². The van der Waals surface area contributed by atoms with E-state index >= 15 is 0 Å². The molecule has 2 rings (SSSR count).